The van der Waals surface area contributed by atoms with E-state index in [0.29, 0.717) is 11.7 Å². The lowest BCUT2D eigenvalue weighted by Crippen LogP contribution is -2.47. The number of carbonyl (C=O) groups is 1. The van der Waals surface area contributed by atoms with Crippen molar-refractivity contribution in [3.8, 4) is 0 Å². The smallest absolute Gasteiger partial charge is 0.298 e. The van der Waals surface area contributed by atoms with Gasteiger partial charge in [-0.3, -0.25) is 22.6 Å². The highest BCUT2D eigenvalue weighted by Gasteiger charge is 2.31. The molecule has 0 spiro atoms. The van der Waals surface area contributed by atoms with Crippen LogP contribution in [0.4, 0.5) is 12.9 Å². The van der Waals surface area contributed by atoms with E-state index in [0.717, 1.165) is 32.5 Å². The van der Waals surface area contributed by atoms with Gasteiger partial charge in [0.15, 0.2) is 0 Å². The fourth-order valence-electron chi connectivity index (χ4n) is 1.76. The predicted molar refractivity (Wildman–Crippen MR) is 43.2 cm³/mol. The van der Waals surface area contributed by atoms with Gasteiger partial charge in [0.05, 0.1) is 6.54 Å². The zero-order valence-corrected chi connectivity index (χ0v) is 7.18. The molecule has 0 radical (unpaired) electrons. The summed E-state index contributed by atoms with van der Waals surface area (Å²) in [4.78, 5) is 13.3. The van der Waals surface area contributed by atoms with Crippen molar-refractivity contribution in [1.29, 1.82) is 0 Å². The molecule has 2 bridgehead atoms. The highest BCUT2D eigenvalue weighted by Crippen LogP contribution is 2.23. The van der Waals surface area contributed by atoms with Crippen molar-refractivity contribution in [2.75, 3.05) is 19.6 Å². The largest absolute Gasteiger partial charge is 0.762 e. The molecule has 0 aliphatic carbocycles. The molecular weight excluding hydrogens is 182 g/mol. The van der Waals surface area contributed by atoms with E-state index in [-0.39, 0.29) is 0 Å². The Morgan fingerprint density at radius 1 is 1.23 bits per heavy atom. The third kappa shape index (κ3) is 3.38. The van der Waals surface area contributed by atoms with Crippen LogP contribution >= 0.6 is 0 Å². The average Bonchev–Trinajstić information content (AvgIpc) is 2.04. The first-order valence-corrected chi connectivity index (χ1v) is 4.27. The van der Waals surface area contributed by atoms with Crippen LogP contribution < -0.4 is 0 Å². The molecule has 0 atom stereocenters. The summed E-state index contributed by atoms with van der Waals surface area (Å²) in [5, 5.41) is 0. The minimum atomic E-state index is -3.67. The second-order valence-electron chi connectivity index (χ2n) is 3.26. The molecular formula is C7H11BF3NO. The Balaban J connectivity index is 0.000000184. The van der Waals surface area contributed by atoms with Crippen molar-refractivity contribution in [2.45, 2.75) is 12.8 Å². The molecule has 3 rings (SSSR count). The van der Waals surface area contributed by atoms with Crippen molar-refractivity contribution in [3.63, 3.8) is 0 Å². The van der Waals surface area contributed by atoms with Gasteiger partial charge in [0.25, 0.3) is 0 Å². The topological polar surface area (TPSA) is 20.3 Å². The number of fused-ring (bicyclic) bond motifs is 3. The number of carbonyl (C=O) groups excluding carboxylic acids is 1. The second-order valence-corrected chi connectivity index (χ2v) is 3.26. The standard InChI is InChI=1S/C7H11NO.BF3/c9-7-5-8-3-1-6(7)2-4-8;2-1(3)4/h6H,1-5H2;. The lowest BCUT2D eigenvalue weighted by molar-refractivity contribution is -0.130. The van der Waals surface area contributed by atoms with Gasteiger partial charge in [0.2, 0.25) is 0 Å². The Morgan fingerprint density at radius 3 is 1.85 bits per heavy atom. The molecule has 0 N–H and O–H groups in total. The minimum absolute atomic E-state index is 0.440. The van der Waals surface area contributed by atoms with E-state index in [2.05, 4.69) is 4.90 Å². The lowest BCUT2D eigenvalue weighted by Gasteiger charge is -2.37. The summed E-state index contributed by atoms with van der Waals surface area (Å²) in [6.45, 7) is 3.07. The molecule has 6 heteroatoms. The van der Waals surface area contributed by atoms with Gasteiger partial charge < -0.3 is 0 Å². The number of halogens is 3. The summed E-state index contributed by atoms with van der Waals surface area (Å²) >= 11 is 0. The van der Waals surface area contributed by atoms with Crippen LogP contribution in [-0.4, -0.2) is 37.9 Å². The van der Waals surface area contributed by atoms with E-state index in [1.165, 1.54) is 0 Å². The summed E-state index contributed by atoms with van der Waals surface area (Å²) in [5.74, 6) is 0.919. The molecule has 13 heavy (non-hydrogen) atoms. The van der Waals surface area contributed by atoms with Gasteiger partial charge in [-0.25, -0.2) is 0 Å². The van der Waals surface area contributed by atoms with Crippen molar-refractivity contribution in [3.05, 3.63) is 0 Å². The maximum Gasteiger partial charge on any atom is 0.762 e. The molecule has 0 aromatic rings. The molecule has 2 nitrogen and oxygen atoms in total. The van der Waals surface area contributed by atoms with Gasteiger partial charge in [-0.2, -0.15) is 0 Å². The van der Waals surface area contributed by atoms with E-state index in [4.69, 9.17) is 0 Å². The number of rotatable bonds is 0. The second kappa shape index (κ2) is 4.65. The Bertz CT molecular complexity index is 180. The molecule has 3 heterocycles. The van der Waals surface area contributed by atoms with Crippen LogP contribution in [0.2, 0.25) is 0 Å². The third-order valence-corrected chi connectivity index (χ3v) is 2.42. The van der Waals surface area contributed by atoms with Crippen molar-refractivity contribution >= 4 is 13.3 Å². The zero-order valence-electron chi connectivity index (χ0n) is 7.18. The highest BCUT2D eigenvalue weighted by molar-refractivity contribution is 6.33. The molecule has 3 aliphatic rings. The van der Waals surface area contributed by atoms with Crippen LogP contribution in [0.3, 0.4) is 0 Å². The average molecular weight is 193 g/mol. The first-order valence-electron chi connectivity index (χ1n) is 4.27. The molecule has 0 aromatic carbocycles. The van der Waals surface area contributed by atoms with E-state index in [1.54, 1.807) is 0 Å². The SMILES string of the molecule is FB(F)F.O=C1CN2CCC1CC2. The number of hydrogen-bond acceptors (Lipinski definition) is 2. The van der Waals surface area contributed by atoms with E-state index >= 15 is 0 Å². The monoisotopic (exact) mass is 193 g/mol. The maximum absolute atomic E-state index is 11.0. The van der Waals surface area contributed by atoms with Gasteiger partial charge in [0, 0.05) is 5.92 Å². The normalized spacial score (nSPS) is 30.8. The molecule has 3 saturated heterocycles. The highest BCUT2D eigenvalue weighted by atomic mass is 19.4. The Kier molecular flexibility index (Phi) is 3.78. The summed E-state index contributed by atoms with van der Waals surface area (Å²) in [5.41, 5.74) is 0. The third-order valence-electron chi connectivity index (χ3n) is 2.42. The summed E-state index contributed by atoms with van der Waals surface area (Å²) in [6.07, 6.45) is 2.25. The van der Waals surface area contributed by atoms with Gasteiger partial charge in [0.1, 0.15) is 5.78 Å². The van der Waals surface area contributed by atoms with Crippen LogP contribution in [-0.2, 0) is 4.79 Å². The summed E-state index contributed by atoms with van der Waals surface area (Å²) in [7, 11) is -3.67. The maximum atomic E-state index is 11.0. The van der Waals surface area contributed by atoms with E-state index in [9.17, 15) is 17.7 Å². The zero-order chi connectivity index (χ0) is 9.84. The molecule has 0 unspecified atom stereocenters. The first kappa shape index (κ1) is 10.6. The van der Waals surface area contributed by atoms with Gasteiger partial charge in [-0.05, 0) is 25.9 Å². The molecule has 0 saturated carbocycles. The quantitative estimate of drug-likeness (QED) is 0.538. The number of hydrogen-bond donors (Lipinski definition) is 0. The first-order chi connectivity index (χ1) is 6.09. The molecule has 3 aliphatic heterocycles. The van der Waals surface area contributed by atoms with E-state index < -0.39 is 7.54 Å². The van der Waals surface area contributed by atoms with Gasteiger partial charge >= 0.3 is 7.54 Å². The van der Waals surface area contributed by atoms with Gasteiger partial charge in [-0.15, -0.1) is 0 Å². The Hall–Kier alpha value is -0.515. The van der Waals surface area contributed by atoms with Crippen LogP contribution in [0.5, 0.6) is 0 Å². The number of Topliss-reactive ketones (excluding diaryl/α,β-unsaturated/α-hetero) is 1. The van der Waals surface area contributed by atoms with Crippen LogP contribution in [0.1, 0.15) is 12.8 Å². The number of piperidine rings is 3. The number of ketones is 1. The fourth-order valence-corrected chi connectivity index (χ4v) is 1.76. The molecule has 0 amide bonds. The summed E-state index contributed by atoms with van der Waals surface area (Å²) in [6, 6.07) is 0. The van der Waals surface area contributed by atoms with Crippen LogP contribution in [0.15, 0.2) is 0 Å². The lowest BCUT2D eigenvalue weighted by atomic mass is 9.87. The summed E-state index contributed by atoms with van der Waals surface area (Å²) < 4.78 is 29.0. The van der Waals surface area contributed by atoms with Crippen molar-refractivity contribution in [1.82, 2.24) is 4.90 Å². The predicted octanol–water partition coefficient (Wildman–Crippen LogP) is 1.16. The Labute approximate surface area is 75.3 Å². The molecule has 74 valence electrons. The molecule has 0 aromatic heterocycles. The fraction of sp³-hybridized carbons (Fsp3) is 0.857. The minimum Gasteiger partial charge on any atom is -0.298 e. The van der Waals surface area contributed by atoms with Crippen molar-refractivity contribution in [2.24, 2.45) is 5.92 Å². The van der Waals surface area contributed by atoms with Crippen molar-refractivity contribution < 1.29 is 17.7 Å². The van der Waals surface area contributed by atoms with Crippen LogP contribution in [0, 0.1) is 5.92 Å². The van der Waals surface area contributed by atoms with E-state index in [1.807, 2.05) is 0 Å². The molecule has 3 fully saturated rings. The number of nitrogens with zero attached hydrogens (tertiary/aromatic N) is 1. The van der Waals surface area contributed by atoms with Gasteiger partial charge in [-0.1, -0.05) is 0 Å². The van der Waals surface area contributed by atoms with Crippen LogP contribution in [0.25, 0.3) is 0 Å². The Morgan fingerprint density at radius 2 is 1.69 bits per heavy atom.